The van der Waals surface area contributed by atoms with Crippen LogP contribution in [0.5, 0.6) is 5.75 Å². The average molecular weight is 383 g/mol. The molecule has 2 aromatic rings. The molecule has 1 aromatic heterocycles. The first-order valence-corrected chi connectivity index (χ1v) is 10.3. The van der Waals surface area contributed by atoms with Gasteiger partial charge in [0.05, 0.1) is 13.2 Å². The number of hydrogen-bond donors (Lipinski definition) is 0. The number of carbonyl (C=O) groups is 1. The topological polar surface area (TPSA) is 48.9 Å². The summed E-state index contributed by atoms with van der Waals surface area (Å²) in [6.45, 7) is 9.55. The predicted molar refractivity (Wildman–Crippen MR) is 112 cm³/mol. The van der Waals surface area contributed by atoms with Gasteiger partial charge < -0.3 is 14.5 Å². The molecule has 0 saturated carbocycles. The molecule has 28 heavy (non-hydrogen) atoms. The minimum atomic E-state index is -0.0312. The second kappa shape index (κ2) is 7.95. The zero-order chi connectivity index (χ0) is 19.7. The summed E-state index contributed by atoms with van der Waals surface area (Å²) >= 11 is 0. The molecule has 1 amide bonds. The highest BCUT2D eigenvalue weighted by atomic mass is 16.5. The Kier molecular flexibility index (Phi) is 5.40. The summed E-state index contributed by atoms with van der Waals surface area (Å²) in [4.78, 5) is 24.2. The number of carbonyl (C=O) groups excluding carboxylic acids is 1. The number of aryl methyl sites for hydroxylation is 1. The van der Waals surface area contributed by atoms with Gasteiger partial charge in [0.25, 0.3) is 0 Å². The van der Waals surface area contributed by atoms with Gasteiger partial charge in [-0.05, 0) is 38.8 Å². The molecule has 6 nitrogen and oxygen atoms in total. The third-order valence-corrected chi connectivity index (χ3v) is 6.11. The van der Waals surface area contributed by atoms with Gasteiger partial charge in [0, 0.05) is 56.0 Å². The minimum Gasteiger partial charge on any atom is -0.494 e. The molecule has 0 bridgehead atoms. The normalized spacial score (nSPS) is 19.2. The number of methoxy groups -OCH3 is 1. The number of rotatable bonds is 4. The van der Waals surface area contributed by atoms with E-state index in [1.54, 1.807) is 7.11 Å². The number of pyridine rings is 1. The first kappa shape index (κ1) is 19.0. The van der Waals surface area contributed by atoms with Gasteiger partial charge in [0.15, 0.2) is 0 Å². The average Bonchev–Trinajstić information content (AvgIpc) is 3.26. The lowest BCUT2D eigenvalue weighted by molar-refractivity contribution is -0.135. The molecule has 1 atom stereocenters. The van der Waals surface area contributed by atoms with Crippen molar-refractivity contribution in [3.63, 3.8) is 0 Å². The number of benzene rings is 1. The van der Waals surface area contributed by atoms with Crippen LogP contribution in [0.4, 0.5) is 5.69 Å². The Balaban J connectivity index is 1.50. The van der Waals surface area contributed by atoms with Crippen molar-refractivity contribution in [3.8, 4) is 5.75 Å². The smallest absolute Gasteiger partial charge is 0.239 e. The van der Waals surface area contributed by atoms with E-state index < -0.39 is 0 Å². The second-order valence-electron chi connectivity index (χ2n) is 7.87. The molecular weight excluding hydrogens is 352 g/mol. The van der Waals surface area contributed by atoms with E-state index >= 15 is 0 Å². The molecule has 0 radical (unpaired) electrons. The summed E-state index contributed by atoms with van der Waals surface area (Å²) < 4.78 is 5.52. The Labute approximate surface area is 167 Å². The van der Waals surface area contributed by atoms with Gasteiger partial charge in [-0.3, -0.25) is 9.69 Å². The summed E-state index contributed by atoms with van der Waals surface area (Å²) in [5.74, 6) is 1.10. The van der Waals surface area contributed by atoms with Crippen LogP contribution in [-0.2, 0) is 4.79 Å². The summed E-state index contributed by atoms with van der Waals surface area (Å²) in [6.07, 6.45) is 2.29. The minimum absolute atomic E-state index is 0.0312. The molecule has 2 aliphatic rings. The van der Waals surface area contributed by atoms with Gasteiger partial charge in [-0.25, -0.2) is 4.98 Å². The maximum absolute atomic E-state index is 12.7. The number of hydrogen-bond acceptors (Lipinski definition) is 5. The highest BCUT2D eigenvalue weighted by Gasteiger charge is 2.30. The molecule has 2 aliphatic heterocycles. The van der Waals surface area contributed by atoms with E-state index in [1.165, 1.54) is 5.69 Å². The molecule has 0 N–H and O–H groups in total. The van der Waals surface area contributed by atoms with E-state index in [4.69, 9.17) is 9.72 Å². The van der Waals surface area contributed by atoms with Crippen molar-refractivity contribution in [2.75, 3.05) is 51.3 Å². The van der Waals surface area contributed by atoms with Crippen molar-refractivity contribution in [3.05, 3.63) is 30.0 Å². The Bertz CT molecular complexity index is 855. The van der Waals surface area contributed by atoms with Crippen molar-refractivity contribution in [1.82, 2.24) is 14.8 Å². The fourth-order valence-electron chi connectivity index (χ4n) is 4.46. The number of likely N-dealkylation sites (tertiary alicyclic amines) is 1. The van der Waals surface area contributed by atoms with Crippen LogP contribution in [-0.4, -0.2) is 73.1 Å². The molecule has 6 heteroatoms. The van der Waals surface area contributed by atoms with Crippen molar-refractivity contribution in [2.24, 2.45) is 0 Å². The molecule has 2 saturated heterocycles. The summed E-state index contributed by atoms with van der Waals surface area (Å²) in [5.41, 5.74) is 3.12. The largest absolute Gasteiger partial charge is 0.494 e. The maximum atomic E-state index is 12.7. The monoisotopic (exact) mass is 382 g/mol. The Morgan fingerprint density at radius 2 is 1.82 bits per heavy atom. The van der Waals surface area contributed by atoms with E-state index in [9.17, 15) is 4.79 Å². The number of nitrogens with zero attached hydrogens (tertiary/aromatic N) is 4. The number of anilines is 1. The van der Waals surface area contributed by atoms with Gasteiger partial charge in [0.1, 0.15) is 11.3 Å². The van der Waals surface area contributed by atoms with Crippen molar-refractivity contribution in [1.29, 1.82) is 0 Å². The number of fused-ring (bicyclic) bond motifs is 1. The number of piperazine rings is 1. The lowest BCUT2D eigenvalue weighted by Gasteiger charge is -2.39. The van der Waals surface area contributed by atoms with Crippen LogP contribution in [0.15, 0.2) is 24.3 Å². The Hall–Kier alpha value is -2.34. The third-order valence-electron chi connectivity index (χ3n) is 6.11. The van der Waals surface area contributed by atoms with Gasteiger partial charge >= 0.3 is 0 Å². The van der Waals surface area contributed by atoms with Crippen LogP contribution in [0.3, 0.4) is 0 Å². The van der Waals surface area contributed by atoms with E-state index in [0.29, 0.717) is 5.91 Å². The predicted octanol–water partition coefficient (Wildman–Crippen LogP) is 2.68. The first-order valence-electron chi connectivity index (χ1n) is 10.3. The van der Waals surface area contributed by atoms with Gasteiger partial charge in [-0.1, -0.05) is 12.1 Å². The van der Waals surface area contributed by atoms with Crippen molar-refractivity contribution >= 4 is 22.5 Å². The Morgan fingerprint density at radius 3 is 2.50 bits per heavy atom. The highest BCUT2D eigenvalue weighted by Crippen LogP contribution is 2.32. The van der Waals surface area contributed by atoms with Crippen LogP contribution in [0.2, 0.25) is 0 Å². The molecule has 2 fully saturated rings. The number of ether oxygens (including phenoxy) is 1. The third kappa shape index (κ3) is 3.53. The second-order valence-corrected chi connectivity index (χ2v) is 7.87. The quantitative estimate of drug-likeness (QED) is 0.814. The summed E-state index contributed by atoms with van der Waals surface area (Å²) in [6, 6.07) is 8.23. The zero-order valence-electron chi connectivity index (χ0n) is 17.1. The van der Waals surface area contributed by atoms with Crippen LogP contribution in [0.1, 0.15) is 25.5 Å². The van der Waals surface area contributed by atoms with Crippen LogP contribution < -0.4 is 9.64 Å². The van der Waals surface area contributed by atoms with E-state index in [0.717, 1.165) is 74.5 Å². The summed E-state index contributed by atoms with van der Waals surface area (Å²) in [7, 11) is 1.69. The van der Waals surface area contributed by atoms with Crippen LogP contribution in [0, 0.1) is 6.92 Å². The number of amides is 1. The summed E-state index contributed by atoms with van der Waals surface area (Å²) in [5, 5.41) is 1.12. The van der Waals surface area contributed by atoms with Crippen LogP contribution >= 0.6 is 0 Å². The fourth-order valence-corrected chi connectivity index (χ4v) is 4.46. The van der Waals surface area contributed by atoms with Crippen molar-refractivity contribution in [2.45, 2.75) is 32.7 Å². The Morgan fingerprint density at radius 1 is 1.11 bits per heavy atom. The van der Waals surface area contributed by atoms with Gasteiger partial charge in [-0.2, -0.15) is 0 Å². The highest BCUT2D eigenvalue weighted by molar-refractivity contribution is 5.95. The molecule has 1 unspecified atom stereocenters. The SMILES string of the molecule is COc1cccc2c(N3CCN(C(C)C(=O)N4CCCC4)CC3)cc(C)nc12. The molecule has 150 valence electrons. The first-order chi connectivity index (χ1) is 13.6. The van der Waals surface area contributed by atoms with E-state index in [1.807, 2.05) is 24.0 Å². The molecule has 4 rings (SSSR count). The lowest BCUT2D eigenvalue weighted by Crippen LogP contribution is -2.54. The van der Waals surface area contributed by atoms with E-state index in [2.05, 4.69) is 28.9 Å². The zero-order valence-corrected chi connectivity index (χ0v) is 17.1. The van der Waals surface area contributed by atoms with Crippen molar-refractivity contribution < 1.29 is 9.53 Å². The number of para-hydroxylation sites is 1. The molecule has 3 heterocycles. The lowest BCUT2D eigenvalue weighted by atomic mass is 10.1. The molecule has 0 aliphatic carbocycles. The fraction of sp³-hybridized carbons (Fsp3) is 0.545. The van der Waals surface area contributed by atoms with Gasteiger partial charge in [0.2, 0.25) is 5.91 Å². The van der Waals surface area contributed by atoms with Crippen LogP contribution in [0.25, 0.3) is 10.9 Å². The van der Waals surface area contributed by atoms with Gasteiger partial charge in [-0.15, -0.1) is 0 Å². The standard InChI is InChI=1S/C22H30N4O2/c1-16-15-19(18-7-6-8-20(28-3)21(18)23-16)25-13-11-24(12-14-25)17(2)22(27)26-9-4-5-10-26/h6-8,15,17H,4-5,9-14H2,1-3H3. The molecular formula is C22H30N4O2. The molecule has 1 aromatic carbocycles. The maximum Gasteiger partial charge on any atom is 0.239 e. The van der Waals surface area contributed by atoms with E-state index in [-0.39, 0.29) is 6.04 Å². The molecule has 0 spiro atoms. The number of aromatic nitrogens is 1.